The number of imidazole rings is 1. The van der Waals surface area contributed by atoms with E-state index in [1.807, 2.05) is 0 Å². The van der Waals surface area contributed by atoms with Gasteiger partial charge in [-0.05, 0) is 11.8 Å². The van der Waals surface area contributed by atoms with E-state index >= 15 is 0 Å². The van der Waals surface area contributed by atoms with Gasteiger partial charge in [0.2, 0.25) is 0 Å². The van der Waals surface area contributed by atoms with E-state index in [2.05, 4.69) is 4.98 Å². The quantitative estimate of drug-likeness (QED) is 0.511. The molecule has 0 aliphatic rings. The van der Waals surface area contributed by atoms with Gasteiger partial charge in [0.15, 0.2) is 18.2 Å². The van der Waals surface area contributed by atoms with E-state index in [1.54, 1.807) is 6.92 Å². The highest BCUT2D eigenvalue weighted by Crippen LogP contribution is 2.12. The number of rotatable bonds is 3. The lowest BCUT2D eigenvalue weighted by molar-refractivity contribution is -0.392. The smallest absolute Gasteiger partial charge is 0.343 e. The van der Waals surface area contributed by atoms with Gasteiger partial charge in [-0.2, -0.15) is 0 Å². The van der Waals surface area contributed by atoms with E-state index in [9.17, 15) is 14.9 Å². The second-order valence-electron chi connectivity index (χ2n) is 2.55. The van der Waals surface area contributed by atoms with Crippen molar-refractivity contribution < 1.29 is 11.1 Å². The molecule has 1 aromatic heterocycles. The van der Waals surface area contributed by atoms with Gasteiger partial charge in [0.25, 0.3) is 0 Å². The second-order valence-corrected chi connectivity index (χ2v) is 2.55. The summed E-state index contributed by atoms with van der Waals surface area (Å²) in [5, 5.41) is 10.5. The van der Waals surface area contributed by atoms with Crippen LogP contribution in [0.3, 0.4) is 0 Å². The maximum Gasteiger partial charge on any atom is 0.343 e. The highest BCUT2D eigenvalue weighted by atomic mass is 16.6. The number of nitro groups is 1. The third-order valence-corrected chi connectivity index (χ3v) is 1.56. The molecule has 0 spiro atoms. The summed E-state index contributed by atoms with van der Waals surface area (Å²) in [6, 6.07) is 0. The first-order chi connectivity index (χ1) is 6.56. The van der Waals surface area contributed by atoms with Crippen LogP contribution in [-0.4, -0.2) is 20.3 Å². The highest BCUT2D eigenvalue weighted by molar-refractivity contribution is 5.75. The van der Waals surface area contributed by atoms with Crippen molar-refractivity contribution in [3.63, 3.8) is 0 Å². The number of aromatic nitrogens is 2. The minimum atomic E-state index is -0.600. The van der Waals surface area contributed by atoms with Crippen LogP contribution in [0.5, 0.6) is 0 Å². The van der Waals surface area contributed by atoms with Crippen LogP contribution in [-0.2, 0) is 11.3 Å². The van der Waals surface area contributed by atoms with Gasteiger partial charge in [0.05, 0.1) is 0 Å². The monoisotopic (exact) mass is 184 g/mol. The molecule has 6 heteroatoms. The number of ketones is 1. The number of hydrogen-bond acceptors (Lipinski definition) is 4. The Balaban J connectivity index is 2.99. The average molecular weight is 184 g/mol. The molecule has 6 nitrogen and oxygen atoms in total. The van der Waals surface area contributed by atoms with Crippen LogP contribution in [0.25, 0.3) is 0 Å². The summed E-state index contributed by atoms with van der Waals surface area (Å²) in [6.45, 7) is 1.03. The molecule has 13 heavy (non-hydrogen) atoms. The molecule has 1 rings (SSSR count). The van der Waals surface area contributed by atoms with Crippen LogP contribution in [0, 0.1) is 17.0 Å². The Labute approximate surface area is 75.7 Å². The molecule has 0 radical (unpaired) electrons. The average Bonchev–Trinajstić information content (AvgIpc) is 2.48. The zero-order chi connectivity index (χ0) is 10.7. The van der Waals surface area contributed by atoms with Gasteiger partial charge in [0, 0.05) is 8.29 Å². The zero-order valence-corrected chi connectivity index (χ0v) is 7.06. The standard InChI is InChI=1S/C7H9N3O3/c1-5(11)4-9-6(2)8-3-7(9)10(12)13/h3H,4H2,1-2H3/i1D. The van der Waals surface area contributed by atoms with Crippen molar-refractivity contribution in [2.45, 2.75) is 20.4 Å². The number of aryl methyl sites for hydroxylation is 1. The van der Waals surface area contributed by atoms with Crippen molar-refractivity contribution in [1.82, 2.24) is 9.55 Å². The van der Waals surface area contributed by atoms with Crippen LogP contribution in [0.15, 0.2) is 6.20 Å². The summed E-state index contributed by atoms with van der Waals surface area (Å²) in [5.41, 5.74) is 0. The highest BCUT2D eigenvalue weighted by Gasteiger charge is 2.17. The number of carbonyl (C=O) groups is 1. The molecule has 0 amide bonds. The molecule has 70 valence electrons. The van der Waals surface area contributed by atoms with Crippen molar-refractivity contribution in [3.05, 3.63) is 22.1 Å². The van der Waals surface area contributed by atoms with E-state index in [1.165, 1.54) is 4.57 Å². The Hall–Kier alpha value is -1.72. The van der Waals surface area contributed by atoms with Crippen LogP contribution in [0.4, 0.5) is 5.82 Å². The molecule has 0 unspecified atom stereocenters. The van der Waals surface area contributed by atoms with Gasteiger partial charge in [-0.1, -0.05) is 0 Å². The molecule has 1 heterocycles. The van der Waals surface area contributed by atoms with Gasteiger partial charge >= 0.3 is 5.82 Å². The molecule has 0 N–H and O–H groups in total. The van der Waals surface area contributed by atoms with Gasteiger partial charge < -0.3 is 10.1 Å². The van der Waals surface area contributed by atoms with E-state index in [0.29, 0.717) is 5.82 Å². The van der Waals surface area contributed by atoms with Crippen molar-refractivity contribution in [2.24, 2.45) is 0 Å². The van der Waals surface area contributed by atoms with Crippen molar-refractivity contribution in [3.8, 4) is 0 Å². The largest absolute Gasteiger partial charge is 0.358 e. The molecule has 0 fully saturated rings. The van der Waals surface area contributed by atoms with Crippen LogP contribution >= 0.6 is 0 Å². The second kappa shape index (κ2) is 3.34. The van der Waals surface area contributed by atoms with Gasteiger partial charge in [-0.15, -0.1) is 0 Å². The van der Waals surface area contributed by atoms with Gasteiger partial charge in [-0.25, -0.2) is 9.55 Å². The molecule has 0 bridgehead atoms. The number of Topliss-reactive ketones (excluding diaryl/α,β-unsaturated/α-hetero) is 1. The molecule has 0 aliphatic heterocycles. The van der Waals surface area contributed by atoms with Gasteiger partial charge in [-0.3, -0.25) is 4.79 Å². The maximum absolute atomic E-state index is 10.9. The summed E-state index contributed by atoms with van der Waals surface area (Å²) in [5.74, 6) is -0.197. The molecule has 0 saturated heterocycles. The number of nitrogens with zero attached hydrogens (tertiary/aromatic N) is 3. The Morgan fingerprint density at radius 2 is 2.62 bits per heavy atom. The lowest BCUT2D eigenvalue weighted by Crippen LogP contribution is -2.10. The fourth-order valence-corrected chi connectivity index (χ4v) is 0.974. The van der Waals surface area contributed by atoms with Crippen molar-refractivity contribution in [1.29, 1.82) is 0 Å². The maximum atomic E-state index is 10.9. The first kappa shape index (κ1) is 7.90. The van der Waals surface area contributed by atoms with E-state index < -0.39 is 4.92 Å². The molecule has 0 atom stereocenters. The predicted octanol–water partition coefficient (Wildman–Crippen LogP) is 0.689. The number of carbonyl (C=O) groups excluding carboxylic acids is 1. The molecule has 0 aliphatic carbocycles. The van der Waals surface area contributed by atoms with E-state index in [0.717, 1.165) is 6.20 Å². The lowest BCUT2D eigenvalue weighted by Gasteiger charge is -1.98. The Morgan fingerprint density at radius 1 is 1.92 bits per heavy atom. The molecule has 0 saturated carbocycles. The van der Waals surface area contributed by atoms with E-state index in [4.69, 9.17) is 1.37 Å². The first-order valence-electron chi connectivity index (χ1n) is 4.24. The number of hydrogen-bond donors (Lipinski definition) is 0. The Bertz CT molecular complexity index is 374. The van der Waals surface area contributed by atoms with Crippen LogP contribution in [0.2, 0.25) is 0 Å². The van der Waals surface area contributed by atoms with Crippen molar-refractivity contribution in [2.75, 3.05) is 0 Å². The summed E-state index contributed by atoms with van der Waals surface area (Å²) in [6.07, 6.45) is 1.10. The normalized spacial score (nSPS) is 11.0. The zero-order valence-electron chi connectivity index (χ0n) is 8.06. The predicted molar refractivity (Wildman–Crippen MR) is 44.3 cm³/mol. The molecular weight excluding hydrogens is 174 g/mol. The fraction of sp³-hybridized carbons (Fsp3) is 0.429. The van der Waals surface area contributed by atoms with Gasteiger partial charge in [0.1, 0.15) is 6.20 Å². The third kappa shape index (κ3) is 1.90. The molecular formula is C7H9N3O3. The molecule has 1 aromatic rings. The minimum Gasteiger partial charge on any atom is -0.358 e. The minimum absolute atomic E-state index is 0.161. The lowest BCUT2D eigenvalue weighted by atomic mass is 10.4. The Kier molecular flexibility index (Phi) is 2.03. The molecule has 0 aromatic carbocycles. The van der Waals surface area contributed by atoms with Crippen molar-refractivity contribution >= 4 is 11.6 Å². The third-order valence-electron chi connectivity index (χ3n) is 1.56. The summed E-state index contributed by atoms with van der Waals surface area (Å²) in [4.78, 5) is 24.6. The summed E-state index contributed by atoms with van der Waals surface area (Å²) < 4.78 is 8.00. The first-order valence-corrected chi connectivity index (χ1v) is 3.53. The van der Waals surface area contributed by atoms with Crippen LogP contribution in [0.1, 0.15) is 14.1 Å². The SMILES string of the molecule is [2H]CC(=O)Cn1c([N+](=O)[O-])cnc1C. The summed E-state index contributed by atoms with van der Waals surface area (Å²) in [7, 11) is 0. The topological polar surface area (TPSA) is 78.0 Å². The summed E-state index contributed by atoms with van der Waals surface area (Å²) >= 11 is 0. The van der Waals surface area contributed by atoms with Crippen LogP contribution < -0.4 is 0 Å². The van der Waals surface area contributed by atoms with E-state index in [-0.39, 0.29) is 25.0 Å². The fourth-order valence-electron chi connectivity index (χ4n) is 0.974. The Morgan fingerprint density at radius 3 is 3.15 bits per heavy atom.